The number of nitrogens with two attached hydrogens (primary N) is 1. The molecule has 0 unspecified atom stereocenters. The van der Waals surface area contributed by atoms with E-state index in [4.69, 9.17) is 10.5 Å². The van der Waals surface area contributed by atoms with Gasteiger partial charge in [-0.3, -0.25) is 9.59 Å². The first kappa shape index (κ1) is 13.3. The Morgan fingerprint density at radius 1 is 1.39 bits per heavy atom. The predicted octanol–water partition coefficient (Wildman–Crippen LogP) is 0.668. The first-order chi connectivity index (χ1) is 8.31. The van der Waals surface area contributed by atoms with E-state index in [1.165, 1.54) is 0 Å². The molecule has 0 radical (unpaired) electrons. The zero-order chi connectivity index (χ0) is 13.6. The lowest BCUT2D eigenvalue weighted by Crippen LogP contribution is -2.59. The van der Waals surface area contributed by atoms with Gasteiger partial charge in [0.25, 0.3) is 0 Å². The molecule has 5 heteroatoms. The second kappa shape index (κ2) is 4.23. The van der Waals surface area contributed by atoms with Crippen molar-refractivity contribution in [2.45, 2.75) is 51.7 Å². The van der Waals surface area contributed by atoms with E-state index in [-0.39, 0.29) is 17.6 Å². The highest BCUT2D eigenvalue weighted by Crippen LogP contribution is 2.47. The molecule has 2 fully saturated rings. The molecule has 1 heterocycles. The lowest BCUT2D eigenvalue weighted by Gasteiger charge is -2.43. The first-order valence-electron chi connectivity index (χ1n) is 6.58. The van der Waals surface area contributed by atoms with Crippen LogP contribution in [-0.2, 0) is 14.3 Å². The number of carbonyl (C=O) groups is 2. The van der Waals surface area contributed by atoms with Gasteiger partial charge in [0.1, 0.15) is 5.41 Å². The molecule has 0 aromatic carbocycles. The molecule has 2 rings (SSSR count). The van der Waals surface area contributed by atoms with Crippen molar-refractivity contribution >= 4 is 11.8 Å². The average Bonchev–Trinajstić information content (AvgIpc) is 3.03. The molecule has 0 aromatic heterocycles. The zero-order valence-corrected chi connectivity index (χ0v) is 11.4. The van der Waals surface area contributed by atoms with Crippen molar-refractivity contribution in [2.24, 2.45) is 11.1 Å². The fourth-order valence-corrected chi connectivity index (χ4v) is 2.21. The van der Waals surface area contributed by atoms with Gasteiger partial charge in [-0.1, -0.05) is 6.92 Å². The van der Waals surface area contributed by atoms with Crippen LogP contribution in [0.15, 0.2) is 0 Å². The minimum absolute atomic E-state index is 0.0903. The molecular weight excluding hydrogens is 232 g/mol. The fourth-order valence-electron chi connectivity index (χ4n) is 2.21. The monoisotopic (exact) mass is 254 g/mol. The number of nitrogens with zero attached hydrogens (tertiary/aromatic N) is 1. The van der Waals surface area contributed by atoms with Crippen LogP contribution >= 0.6 is 0 Å². The summed E-state index contributed by atoms with van der Waals surface area (Å²) in [6.45, 7) is 7.33. The van der Waals surface area contributed by atoms with Crippen molar-refractivity contribution in [3.8, 4) is 0 Å². The van der Waals surface area contributed by atoms with Crippen molar-refractivity contribution in [2.75, 3.05) is 13.1 Å². The molecule has 2 N–H and O–H groups in total. The van der Waals surface area contributed by atoms with Gasteiger partial charge in [-0.25, -0.2) is 0 Å². The second-order valence-corrected chi connectivity index (χ2v) is 6.01. The number of amides is 2. The molecule has 1 saturated carbocycles. The smallest absolute Gasteiger partial charge is 0.238 e. The van der Waals surface area contributed by atoms with Gasteiger partial charge < -0.3 is 15.4 Å². The minimum Gasteiger partial charge on any atom is -0.369 e. The Balaban J connectivity index is 1.83. The topological polar surface area (TPSA) is 72.6 Å². The zero-order valence-electron chi connectivity index (χ0n) is 11.4. The third kappa shape index (κ3) is 2.23. The van der Waals surface area contributed by atoms with E-state index in [2.05, 4.69) is 6.92 Å². The van der Waals surface area contributed by atoms with Crippen LogP contribution in [0.2, 0.25) is 0 Å². The summed E-state index contributed by atoms with van der Waals surface area (Å²) in [5.41, 5.74) is 4.25. The quantitative estimate of drug-likeness (QED) is 0.733. The largest absolute Gasteiger partial charge is 0.369 e. The highest BCUT2D eigenvalue weighted by Gasteiger charge is 2.58. The maximum Gasteiger partial charge on any atom is 0.238 e. The number of likely N-dealkylation sites (tertiary alicyclic amines) is 1. The number of hydrogen-bond acceptors (Lipinski definition) is 3. The molecule has 1 aliphatic heterocycles. The highest BCUT2D eigenvalue weighted by molar-refractivity contribution is 6.07. The predicted molar refractivity (Wildman–Crippen MR) is 66.7 cm³/mol. The molecule has 2 amide bonds. The average molecular weight is 254 g/mol. The number of ether oxygens (including phenoxy) is 1. The standard InChI is InChI=1S/C13H22N2O3/c1-4-12(2,3)18-9-7-15(8-9)11(17)13(5-6-13)10(14)16/h9H,4-8H2,1-3H3,(H2,14,16). The van der Waals surface area contributed by atoms with Gasteiger partial charge in [-0.15, -0.1) is 0 Å². The van der Waals surface area contributed by atoms with Crippen LogP contribution in [-0.4, -0.2) is 41.5 Å². The Kier molecular flexibility index (Phi) is 3.13. The van der Waals surface area contributed by atoms with E-state index in [1.54, 1.807) is 4.90 Å². The van der Waals surface area contributed by atoms with Gasteiger partial charge in [0.2, 0.25) is 11.8 Å². The van der Waals surface area contributed by atoms with Crippen LogP contribution < -0.4 is 5.73 Å². The van der Waals surface area contributed by atoms with Crippen molar-refractivity contribution < 1.29 is 14.3 Å². The van der Waals surface area contributed by atoms with Crippen molar-refractivity contribution in [3.63, 3.8) is 0 Å². The summed E-state index contributed by atoms with van der Waals surface area (Å²) in [7, 11) is 0. The lowest BCUT2D eigenvalue weighted by molar-refractivity contribution is -0.166. The summed E-state index contributed by atoms with van der Waals surface area (Å²) >= 11 is 0. The Labute approximate surface area is 108 Å². The van der Waals surface area contributed by atoms with Gasteiger partial charge in [0, 0.05) is 13.1 Å². The molecule has 2 aliphatic rings. The van der Waals surface area contributed by atoms with Crippen molar-refractivity contribution in [1.82, 2.24) is 4.90 Å². The van der Waals surface area contributed by atoms with Gasteiger partial charge in [0.15, 0.2) is 0 Å². The molecule has 0 atom stereocenters. The van der Waals surface area contributed by atoms with E-state index >= 15 is 0 Å². The summed E-state index contributed by atoms with van der Waals surface area (Å²) < 4.78 is 5.89. The van der Waals surface area contributed by atoms with E-state index in [1.807, 2.05) is 13.8 Å². The molecule has 0 aromatic rings. The molecule has 5 nitrogen and oxygen atoms in total. The number of primary amides is 1. The van der Waals surface area contributed by atoms with Crippen molar-refractivity contribution in [1.29, 1.82) is 0 Å². The van der Waals surface area contributed by atoms with Gasteiger partial charge >= 0.3 is 0 Å². The second-order valence-electron chi connectivity index (χ2n) is 6.01. The maximum absolute atomic E-state index is 12.1. The lowest BCUT2D eigenvalue weighted by atomic mass is 10.00. The van der Waals surface area contributed by atoms with E-state index in [0.717, 1.165) is 6.42 Å². The van der Waals surface area contributed by atoms with Crippen LogP contribution in [0, 0.1) is 5.41 Å². The molecule has 102 valence electrons. The Bertz CT molecular complexity index is 368. The third-order valence-corrected chi connectivity index (χ3v) is 4.10. The van der Waals surface area contributed by atoms with E-state index < -0.39 is 11.3 Å². The molecule has 18 heavy (non-hydrogen) atoms. The number of hydrogen-bond donors (Lipinski definition) is 1. The minimum atomic E-state index is -0.884. The van der Waals surface area contributed by atoms with Crippen LogP contribution in [0.4, 0.5) is 0 Å². The Morgan fingerprint density at radius 2 is 1.94 bits per heavy atom. The van der Waals surface area contributed by atoms with E-state index in [9.17, 15) is 9.59 Å². The number of carbonyl (C=O) groups excluding carboxylic acids is 2. The van der Waals surface area contributed by atoms with Gasteiger partial charge in [-0.05, 0) is 33.1 Å². The summed E-state index contributed by atoms with van der Waals surface area (Å²) in [6, 6.07) is 0. The summed E-state index contributed by atoms with van der Waals surface area (Å²) in [4.78, 5) is 25.1. The van der Waals surface area contributed by atoms with Crippen molar-refractivity contribution in [3.05, 3.63) is 0 Å². The normalized spacial score (nSPS) is 22.5. The number of rotatable bonds is 5. The van der Waals surface area contributed by atoms with Gasteiger partial charge in [-0.2, -0.15) is 0 Å². The van der Waals surface area contributed by atoms with E-state index in [0.29, 0.717) is 25.9 Å². The van der Waals surface area contributed by atoms with Gasteiger partial charge in [0.05, 0.1) is 11.7 Å². The summed E-state index contributed by atoms with van der Waals surface area (Å²) in [5, 5.41) is 0. The summed E-state index contributed by atoms with van der Waals surface area (Å²) in [6.07, 6.45) is 2.23. The highest BCUT2D eigenvalue weighted by atomic mass is 16.5. The first-order valence-corrected chi connectivity index (χ1v) is 6.58. The molecule has 0 bridgehead atoms. The van der Waals surface area contributed by atoms with Crippen LogP contribution in [0.5, 0.6) is 0 Å². The summed E-state index contributed by atoms with van der Waals surface area (Å²) in [5.74, 6) is -0.588. The molecule has 1 saturated heterocycles. The molecule has 1 aliphatic carbocycles. The molecular formula is C13H22N2O3. The van der Waals surface area contributed by atoms with Crippen LogP contribution in [0.25, 0.3) is 0 Å². The maximum atomic E-state index is 12.1. The molecule has 0 spiro atoms. The Morgan fingerprint density at radius 3 is 2.33 bits per heavy atom. The Hall–Kier alpha value is -1.10. The van der Waals surface area contributed by atoms with Crippen LogP contribution in [0.1, 0.15) is 40.0 Å². The fraction of sp³-hybridized carbons (Fsp3) is 0.846. The van der Waals surface area contributed by atoms with Crippen LogP contribution in [0.3, 0.4) is 0 Å². The third-order valence-electron chi connectivity index (χ3n) is 4.10. The SMILES string of the molecule is CCC(C)(C)OC1CN(C(=O)C2(C(N)=O)CC2)C1.